The largest absolute Gasteiger partial charge is 0.383 e. The maximum atomic E-state index is 5.34. The van der Waals surface area contributed by atoms with Crippen molar-refractivity contribution in [2.75, 3.05) is 56.8 Å². The van der Waals surface area contributed by atoms with Gasteiger partial charge >= 0.3 is 0 Å². The van der Waals surface area contributed by atoms with Crippen LogP contribution in [-0.2, 0) is 9.47 Å². The summed E-state index contributed by atoms with van der Waals surface area (Å²) in [6.07, 6.45) is 0. The number of ether oxygens (including phenoxy) is 2. The predicted molar refractivity (Wildman–Crippen MR) is 69.8 cm³/mol. The van der Waals surface area contributed by atoms with Gasteiger partial charge in [0.25, 0.3) is 0 Å². The number of hydrogen-bond donors (Lipinski definition) is 1. The zero-order valence-corrected chi connectivity index (χ0v) is 10.3. The Morgan fingerprint density at radius 2 is 1.94 bits per heavy atom. The van der Waals surface area contributed by atoms with E-state index in [0.29, 0.717) is 0 Å². The molecule has 0 radical (unpaired) electrons. The van der Waals surface area contributed by atoms with Gasteiger partial charge in [0.2, 0.25) is 0 Å². The van der Waals surface area contributed by atoms with Gasteiger partial charge in [-0.15, -0.1) is 0 Å². The highest BCUT2D eigenvalue weighted by atomic mass is 16.5. The summed E-state index contributed by atoms with van der Waals surface area (Å²) in [5.74, 6) is 0. The summed E-state index contributed by atoms with van der Waals surface area (Å²) >= 11 is 0. The number of anilines is 2. The highest BCUT2D eigenvalue weighted by molar-refractivity contribution is 5.55. The van der Waals surface area contributed by atoms with E-state index in [-0.39, 0.29) is 0 Å². The van der Waals surface area contributed by atoms with Crippen molar-refractivity contribution >= 4 is 11.4 Å². The molecule has 1 aromatic carbocycles. The Morgan fingerprint density at radius 1 is 1.24 bits per heavy atom. The van der Waals surface area contributed by atoms with Crippen molar-refractivity contribution in [1.29, 1.82) is 0 Å². The van der Waals surface area contributed by atoms with Gasteiger partial charge in [0.05, 0.1) is 19.8 Å². The summed E-state index contributed by atoms with van der Waals surface area (Å²) in [5.41, 5.74) is 2.41. The maximum absolute atomic E-state index is 5.34. The topological polar surface area (TPSA) is 33.7 Å². The molecule has 0 spiro atoms. The molecule has 2 rings (SSSR count). The molecule has 1 heterocycles. The normalized spacial score (nSPS) is 15.9. The van der Waals surface area contributed by atoms with Gasteiger partial charge in [-0.25, -0.2) is 0 Å². The second-order valence-electron chi connectivity index (χ2n) is 4.07. The van der Waals surface area contributed by atoms with E-state index < -0.39 is 0 Å². The molecule has 1 N–H and O–H groups in total. The highest BCUT2D eigenvalue weighted by Gasteiger charge is 2.10. The molecule has 0 saturated carbocycles. The van der Waals surface area contributed by atoms with E-state index in [4.69, 9.17) is 9.47 Å². The zero-order valence-electron chi connectivity index (χ0n) is 10.3. The Hall–Kier alpha value is -1.26. The summed E-state index contributed by atoms with van der Waals surface area (Å²) in [5, 5.41) is 3.31. The van der Waals surface area contributed by atoms with Crippen LogP contribution in [0, 0.1) is 0 Å². The van der Waals surface area contributed by atoms with Crippen LogP contribution in [0.15, 0.2) is 24.3 Å². The van der Waals surface area contributed by atoms with E-state index in [9.17, 15) is 0 Å². The second kappa shape index (κ2) is 6.47. The molecular weight excluding hydrogens is 216 g/mol. The minimum Gasteiger partial charge on any atom is -0.383 e. The molecule has 17 heavy (non-hydrogen) atoms. The van der Waals surface area contributed by atoms with Crippen LogP contribution in [0.25, 0.3) is 0 Å². The van der Waals surface area contributed by atoms with Gasteiger partial charge in [-0.05, 0) is 24.3 Å². The Labute approximate surface area is 103 Å². The van der Waals surface area contributed by atoms with Crippen LogP contribution in [0.3, 0.4) is 0 Å². The van der Waals surface area contributed by atoms with E-state index in [0.717, 1.165) is 45.1 Å². The molecule has 4 nitrogen and oxygen atoms in total. The smallest absolute Gasteiger partial charge is 0.0642 e. The minimum absolute atomic E-state index is 0.727. The highest BCUT2D eigenvalue weighted by Crippen LogP contribution is 2.18. The van der Waals surface area contributed by atoms with Gasteiger partial charge in [-0.1, -0.05) is 0 Å². The minimum atomic E-state index is 0.727. The third-order valence-electron chi connectivity index (χ3n) is 2.88. The number of nitrogens with zero attached hydrogens (tertiary/aromatic N) is 1. The second-order valence-corrected chi connectivity index (χ2v) is 4.07. The number of morpholine rings is 1. The molecular formula is C13H20N2O2. The Balaban J connectivity index is 1.88. The molecule has 4 heteroatoms. The lowest BCUT2D eigenvalue weighted by Gasteiger charge is -2.28. The van der Waals surface area contributed by atoms with Crippen molar-refractivity contribution < 1.29 is 9.47 Å². The molecule has 1 aliphatic rings. The van der Waals surface area contributed by atoms with Gasteiger partial charge in [0.15, 0.2) is 0 Å². The van der Waals surface area contributed by atoms with Crippen LogP contribution in [0.5, 0.6) is 0 Å². The SMILES string of the molecule is COCCNc1ccc(N2CCOCC2)cc1. The average Bonchev–Trinajstić information content (AvgIpc) is 2.41. The number of hydrogen-bond acceptors (Lipinski definition) is 4. The first-order valence-corrected chi connectivity index (χ1v) is 6.06. The van der Waals surface area contributed by atoms with Crippen molar-refractivity contribution in [3.05, 3.63) is 24.3 Å². The molecule has 0 unspecified atom stereocenters. The number of nitrogens with one attached hydrogen (secondary N) is 1. The molecule has 0 aliphatic carbocycles. The fourth-order valence-electron chi connectivity index (χ4n) is 1.91. The average molecular weight is 236 g/mol. The molecule has 1 saturated heterocycles. The molecule has 1 aromatic rings. The van der Waals surface area contributed by atoms with Gasteiger partial charge in [-0.2, -0.15) is 0 Å². The quantitative estimate of drug-likeness (QED) is 0.787. The summed E-state index contributed by atoms with van der Waals surface area (Å²) < 4.78 is 10.3. The van der Waals surface area contributed by atoms with Crippen molar-refractivity contribution in [2.24, 2.45) is 0 Å². The first kappa shape index (κ1) is 12.2. The van der Waals surface area contributed by atoms with E-state index >= 15 is 0 Å². The zero-order chi connectivity index (χ0) is 11.9. The first-order valence-electron chi connectivity index (χ1n) is 6.06. The van der Waals surface area contributed by atoms with Crippen molar-refractivity contribution in [1.82, 2.24) is 0 Å². The van der Waals surface area contributed by atoms with Crippen LogP contribution in [0.1, 0.15) is 0 Å². The molecule has 1 aliphatic heterocycles. The molecule has 0 amide bonds. The standard InChI is InChI=1S/C13H20N2O2/c1-16-9-6-14-12-2-4-13(5-3-12)15-7-10-17-11-8-15/h2-5,14H,6-11H2,1H3. The van der Waals surface area contributed by atoms with Gasteiger partial charge < -0.3 is 19.7 Å². The monoisotopic (exact) mass is 236 g/mol. The van der Waals surface area contributed by atoms with E-state index in [1.165, 1.54) is 5.69 Å². The maximum Gasteiger partial charge on any atom is 0.0642 e. The van der Waals surface area contributed by atoms with Crippen molar-refractivity contribution in [3.8, 4) is 0 Å². The van der Waals surface area contributed by atoms with Gasteiger partial charge in [0, 0.05) is 38.1 Å². The molecule has 0 atom stereocenters. The summed E-state index contributed by atoms with van der Waals surface area (Å²) in [4.78, 5) is 2.35. The van der Waals surface area contributed by atoms with Crippen LogP contribution in [0.2, 0.25) is 0 Å². The third-order valence-corrected chi connectivity index (χ3v) is 2.88. The summed E-state index contributed by atoms with van der Waals surface area (Å²) in [6, 6.07) is 8.53. The fourth-order valence-corrected chi connectivity index (χ4v) is 1.91. The van der Waals surface area contributed by atoms with E-state index in [1.54, 1.807) is 7.11 Å². The Kier molecular flexibility index (Phi) is 4.64. The van der Waals surface area contributed by atoms with Crippen molar-refractivity contribution in [3.63, 3.8) is 0 Å². The molecule has 1 fully saturated rings. The Morgan fingerprint density at radius 3 is 2.59 bits per heavy atom. The summed E-state index contributed by atoms with van der Waals surface area (Å²) in [6.45, 7) is 5.19. The van der Waals surface area contributed by atoms with Crippen LogP contribution in [0.4, 0.5) is 11.4 Å². The third kappa shape index (κ3) is 3.61. The van der Waals surface area contributed by atoms with Crippen LogP contribution < -0.4 is 10.2 Å². The predicted octanol–water partition coefficient (Wildman–Crippen LogP) is 1.58. The fraction of sp³-hybridized carbons (Fsp3) is 0.538. The van der Waals surface area contributed by atoms with Crippen LogP contribution >= 0.6 is 0 Å². The molecule has 0 bridgehead atoms. The summed E-state index contributed by atoms with van der Waals surface area (Å²) in [7, 11) is 1.71. The van der Waals surface area contributed by atoms with Crippen molar-refractivity contribution in [2.45, 2.75) is 0 Å². The lowest BCUT2D eigenvalue weighted by molar-refractivity contribution is 0.122. The number of methoxy groups -OCH3 is 1. The molecule has 0 aromatic heterocycles. The lowest BCUT2D eigenvalue weighted by Crippen LogP contribution is -2.36. The van der Waals surface area contributed by atoms with E-state index in [1.807, 2.05) is 0 Å². The Bertz CT molecular complexity index is 321. The van der Waals surface area contributed by atoms with Gasteiger partial charge in [-0.3, -0.25) is 0 Å². The molecule has 94 valence electrons. The first-order chi connectivity index (χ1) is 8.40. The van der Waals surface area contributed by atoms with Gasteiger partial charge in [0.1, 0.15) is 0 Å². The van der Waals surface area contributed by atoms with Crippen LogP contribution in [-0.4, -0.2) is 46.6 Å². The van der Waals surface area contributed by atoms with E-state index in [2.05, 4.69) is 34.5 Å². The number of benzene rings is 1. The number of rotatable bonds is 5. The lowest BCUT2D eigenvalue weighted by atomic mass is 10.2.